The number of rotatable bonds is 5. The molecule has 1 aromatic rings. The van der Waals surface area contributed by atoms with Crippen molar-refractivity contribution in [2.24, 2.45) is 0 Å². The summed E-state index contributed by atoms with van der Waals surface area (Å²) in [6.45, 7) is 0. The number of aliphatic carboxylic acids is 1. The van der Waals surface area contributed by atoms with E-state index in [0.717, 1.165) is 5.56 Å². The van der Waals surface area contributed by atoms with Crippen LogP contribution in [0.3, 0.4) is 0 Å². The summed E-state index contributed by atoms with van der Waals surface area (Å²) in [7, 11) is 0. The molecule has 0 fully saturated rings. The van der Waals surface area contributed by atoms with Crippen LogP contribution in [0.15, 0.2) is 30.3 Å². The lowest BCUT2D eigenvalue weighted by Crippen LogP contribution is -2.39. The lowest BCUT2D eigenvalue weighted by molar-refractivity contribution is -0.141. The maximum absolute atomic E-state index is 11.5. The number of terminal acetylenes is 1. The Morgan fingerprint density at radius 2 is 2.05 bits per heavy atom. The van der Waals surface area contributed by atoms with Gasteiger partial charge >= 0.3 is 5.97 Å². The van der Waals surface area contributed by atoms with Crippen LogP contribution in [0.1, 0.15) is 17.5 Å². The van der Waals surface area contributed by atoms with Gasteiger partial charge in [-0.05, 0) is 23.8 Å². The molecule has 0 spiro atoms. The number of carbonyl (C=O) groups excluding carboxylic acids is 1. The first-order chi connectivity index (χ1) is 9.56. The molecular formula is C15H12N2O3. The van der Waals surface area contributed by atoms with Crippen molar-refractivity contribution in [1.82, 2.24) is 5.32 Å². The van der Waals surface area contributed by atoms with Gasteiger partial charge in [0.25, 0.3) is 0 Å². The van der Waals surface area contributed by atoms with Gasteiger partial charge in [-0.1, -0.05) is 12.1 Å². The first-order valence-electron chi connectivity index (χ1n) is 5.72. The molecule has 0 bridgehead atoms. The quantitative estimate of drug-likeness (QED) is 0.619. The summed E-state index contributed by atoms with van der Waals surface area (Å²) in [6.07, 6.45) is 7.68. The summed E-state index contributed by atoms with van der Waals surface area (Å²) in [5.41, 5.74) is 1.24. The average Bonchev–Trinajstić information content (AvgIpc) is 2.45. The monoisotopic (exact) mass is 268 g/mol. The second-order valence-electron chi connectivity index (χ2n) is 3.87. The standard InChI is InChI=1S/C15H12N2O3/c1-2-3-13(15(19)20)17-14(18)9-8-11-4-6-12(10-16)7-5-11/h1,4-9,13H,3H2,(H,17,18)(H,19,20)/b9-8+. The molecule has 1 rings (SSSR count). The number of carbonyl (C=O) groups is 2. The van der Waals surface area contributed by atoms with Gasteiger partial charge in [0, 0.05) is 12.5 Å². The normalized spacial score (nSPS) is 11.3. The van der Waals surface area contributed by atoms with Crippen molar-refractivity contribution < 1.29 is 14.7 Å². The van der Waals surface area contributed by atoms with Crippen molar-refractivity contribution in [3.63, 3.8) is 0 Å². The van der Waals surface area contributed by atoms with E-state index >= 15 is 0 Å². The number of benzene rings is 1. The molecule has 1 aromatic carbocycles. The largest absolute Gasteiger partial charge is 0.480 e. The van der Waals surface area contributed by atoms with Crippen LogP contribution in [-0.4, -0.2) is 23.0 Å². The van der Waals surface area contributed by atoms with Gasteiger partial charge in [-0.2, -0.15) is 5.26 Å². The van der Waals surface area contributed by atoms with Crippen molar-refractivity contribution in [2.75, 3.05) is 0 Å². The van der Waals surface area contributed by atoms with E-state index in [0.29, 0.717) is 5.56 Å². The van der Waals surface area contributed by atoms with Gasteiger partial charge in [0.2, 0.25) is 5.91 Å². The number of carboxylic acids is 1. The minimum absolute atomic E-state index is 0.0776. The van der Waals surface area contributed by atoms with E-state index in [-0.39, 0.29) is 6.42 Å². The van der Waals surface area contributed by atoms with Crippen LogP contribution in [-0.2, 0) is 9.59 Å². The van der Waals surface area contributed by atoms with E-state index in [2.05, 4.69) is 11.2 Å². The summed E-state index contributed by atoms with van der Waals surface area (Å²) < 4.78 is 0. The molecule has 20 heavy (non-hydrogen) atoms. The highest BCUT2D eigenvalue weighted by atomic mass is 16.4. The van der Waals surface area contributed by atoms with Crippen LogP contribution in [0.25, 0.3) is 6.08 Å². The summed E-state index contributed by atoms with van der Waals surface area (Å²) in [5.74, 6) is 0.469. The maximum atomic E-state index is 11.5. The highest BCUT2D eigenvalue weighted by Gasteiger charge is 2.17. The Labute approximate surface area is 116 Å². The van der Waals surface area contributed by atoms with Gasteiger partial charge in [0.05, 0.1) is 11.6 Å². The zero-order chi connectivity index (χ0) is 15.0. The Balaban J connectivity index is 2.65. The fourth-order valence-corrected chi connectivity index (χ4v) is 1.38. The lowest BCUT2D eigenvalue weighted by Gasteiger charge is -2.09. The first-order valence-corrected chi connectivity index (χ1v) is 5.72. The number of carboxylic acid groups (broad SMARTS) is 1. The zero-order valence-electron chi connectivity index (χ0n) is 10.5. The molecule has 0 aliphatic rings. The number of hydrogen-bond acceptors (Lipinski definition) is 3. The van der Waals surface area contributed by atoms with E-state index in [9.17, 15) is 9.59 Å². The molecule has 0 saturated heterocycles. The molecule has 0 aromatic heterocycles. The van der Waals surface area contributed by atoms with Gasteiger partial charge in [-0.25, -0.2) is 4.79 Å². The molecule has 5 heteroatoms. The van der Waals surface area contributed by atoms with Gasteiger partial charge < -0.3 is 10.4 Å². The Morgan fingerprint density at radius 3 is 2.55 bits per heavy atom. The third-order valence-electron chi connectivity index (χ3n) is 2.40. The molecule has 0 radical (unpaired) electrons. The van der Waals surface area contributed by atoms with Crippen molar-refractivity contribution >= 4 is 18.0 Å². The second-order valence-corrected chi connectivity index (χ2v) is 3.87. The van der Waals surface area contributed by atoms with Crippen LogP contribution in [0.4, 0.5) is 0 Å². The number of nitrogens with zero attached hydrogens (tertiary/aromatic N) is 1. The SMILES string of the molecule is C#CCC(NC(=O)/C=C/c1ccc(C#N)cc1)C(=O)O. The van der Waals surface area contributed by atoms with E-state index in [1.165, 1.54) is 12.2 Å². The van der Waals surface area contributed by atoms with Crippen molar-refractivity contribution in [3.05, 3.63) is 41.5 Å². The van der Waals surface area contributed by atoms with E-state index in [4.69, 9.17) is 16.8 Å². The first kappa shape index (κ1) is 15.0. The molecule has 5 nitrogen and oxygen atoms in total. The molecule has 1 amide bonds. The molecule has 0 heterocycles. The predicted octanol–water partition coefficient (Wildman–Crippen LogP) is 1.16. The van der Waals surface area contributed by atoms with Gasteiger partial charge in [0.1, 0.15) is 6.04 Å². The minimum Gasteiger partial charge on any atom is -0.480 e. The molecular weight excluding hydrogens is 256 g/mol. The van der Waals surface area contributed by atoms with Crippen LogP contribution < -0.4 is 5.32 Å². The van der Waals surface area contributed by atoms with Crippen LogP contribution in [0.5, 0.6) is 0 Å². The third-order valence-corrected chi connectivity index (χ3v) is 2.40. The van der Waals surface area contributed by atoms with Gasteiger partial charge in [-0.15, -0.1) is 12.3 Å². The van der Waals surface area contributed by atoms with Gasteiger partial charge in [0.15, 0.2) is 0 Å². The van der Waals surface area contributed by atoms with E-state index in [1.807, 2.05) is 6.07 Å². The summed E-state index contributed by atoms with van der Waals surface area (Å²) >= 11 is 0. The number of nitriles is 1. The Morgan fingerprint density at radius 1 is 1.40 bits per heavy atom. The Bertz CT molecular complexity index is 603. The number of nitrogens with one attached hydrogen (secondary N) is 1. The summed E-state index contributed by atoms with van der Waals surface area (Å²) in [5, 5.41) is 19.8. The highest BCUT2D eigenvalue weighted by Crippen LogP contribution is 2.05. The maximum Gasteiger partial charge on any atom is 0.327 e. The van der Waals surface area contributed by atoms with Gasteiger partial charge in [-0.3, -0.25) is 4.79 Å². The Hall–Kier alpha value is -3.05. The second kappa shape index (κ2) is 7.40. The minimum atomic E-state index is -1.18. The third kappa shape index (κ3) is 4.67. The highest BCUT2D eigenvalue weighted by molar-refractivity contribution is 5.94. The molecule has 0 aliphatic heterocycles. The number of amides is 1. The molecule has 0 aliphatic carbocycles. The lowest BCUT2D eigenvalue weighted by atomic mass is 10.1. The topological polar surface area (TPSA) is 90.2 Å². The van der Waals surface area contributed by atoms with Crippen molar-refractivity contribution in [2.45, 2.75) is 12.5 Å². The average molecular weight is 268 g/mol. The molecule has 100 valence electrons. The zero-order valence-corrected chi connectivity index (χ0v) is 10.5. The molecule has 2 N–H and O–H groups in total. The van der Waals surface area contributed by atoms with E-state index < -0.39 is 17.9 Å². The molecule has 0 saturated carbocycles. The fourth-order valence-electron chi connectivity index (χ4n) is 1.38. The summed E-state index contributed by atoms with van der Waals surface area (Å²) in [6, 6.07) is 7.49. The molecule has 1 unspecified atom stereocenters. The van der Waals surface area contributed by atoms with E-state index in [1.54, 1.807) is 24.3 Å². The Kier molecular flexibility index (Phi) is 5.55. The fraction of sp³-hybridized carbons (Fsp3) is 0.133. The van der Waals surface area contributed by atoms with Crippen LogP contribution in [0, 0.1) is 23.7 Å². The number of hydrogen-bond donors (Lipinski definition) is 2. The summed E-state index contributed by atoms with van der Waals surface area (Å²) in [4.78, 5) is 22.4. The predicted molar refractivity (Wildman–Crippen MR) is 73.2 cm³/mol. The molecule has 1 atom stereocenters. The van der Waals surface area contributed by atoms with Crippen LogP contribution >= 0.6 is 0 Å². The smallest absolute Gasteiger partial charge is 0.327 e. The van der Waals surface area contributed by atoms with Crippen molar-refractivity contribution in [3.8, 4) is 18.4 Å². The van der Waals surface area contributed by atoms with Crippen LogP contribution in [0.2, 0.25) is 0 Å². The van der Waals surface area contributed by atoms with Crippen molar-refractivity contribution in [1.29, 1.82) is 5.26 Å².